The van der Waals surface area contributed by atoms with Crippen LogP contribution in [0.1, 0.15) is 19.8 Å². The molecular weight excluding hydrogens is 510 g/mol. The van der Waals surface area contributed by atoms with E-state index in [4.69, 9.17) is 14.2 Å². The van der Waals surface area contributed by atoms with E-state index in [1.807, 2.05) is 0 Å². The van der Waals surface area contributed by atoms with Gasteiger partial charge in [-0.25, -0.2) is 16.8 Å². The molecule has 0 saturated carbocycles. The lowest BCUT2D eigenvalue weighted by molar-refractivity contribution is -0.114. The molecule has 36 heavy (non-hydrogen) atoms. The molecule has 2 heterocycles. The molecule has 0 aromatic heterocycles. The maximum absolute atomic E-state index is 13.0. The summed E-state index contributed by atoms with van der Waals surface area (Å²) in [6.45, 7) is 2.54. The smallest absolute Gasteiger partial charge is 0.245 e. The zero-order valence-electron chi connectivity index (χ0n) is 20.1. The third-order valence-corrected chi connectivity index (χ3v) is 9.59. The van der Waals surface area contributed by atoms with Gasteiger partial charge in [0.1, 0.15) is 25.5 Å². The van der Waals surface area contributed by atoms with Gasteiger partial charge in [-0.1, -0.05) is 0 Å². The Kier molecular flexibility index (Phi) is 7.62. The molecule has 4 rings (SSSR count). The fourth-order valence-corrected chi connectivity index (χ4v) is 6.64. The van der Waals surface area contributed by atoms with Gasteiger partial charge in [0.15, 0.2) is 11.5 Å². The summed E-state index contributed by atoms with van der Waals surface area (Å²) in [5.41, 5.74) is 0.368. The van der Waals surface area contributed by atoms with Crippen LogP contribution < -0.4 is 23.8 Å². The van der Waals surface area contributed by atoms with Crippen LogP contribution >= 0.6 is 0 Å². The standard InChI is InChI=1S/C23H29N3O8S2/c1-3-35(28,29)26(17-6-8-21-22(14-17)34-13-12-33-21)16-23(27)24-19-15-18(7-9-20(19)32-2)36(30,31)25-10-4-5-11-25/h6-9,14-15H,3-5,10-13,16H2,1-2H3,(H,24,27). The average molecular weight is 540 g/mol. The molecule has 11 nitrogen and oxygen atoms in total. The van der Waals surface area contributed by atoms with Crippen LogP contribution in [0.5, 0.6) is 17.2 Å². The molecule has 0 unspecified atom stereocenters. The Balaban J connectivity index is 1.60. The summed E-state index contributed by atoms with van der Waals surface area (Å²) in [4.78, 5) is 13.1. The molecule has 0 bridgehead atoms. The molecule has 196 valence electrons. The molecule has 1 fully saturated rings. The maximum atomic E-state index is 13.0. The number of rotatable bonds is 9. The Morgan fingerprint density at radius 3 is 2.39 bits per heavy atom. The number of nitrogens with zero attached hydrogens (tertiary/aromatic N) is 2. The molecule has 13 heteroatoms. The summed E-state index contributed by atoms with van der Waals surface area (Å²) in [7, 11) is -6.18. The minimum absolute atomic E-state index is 0.0189. The first-order valence-corrected chi connectivity index (χ1v) is 14.6. The Morgan fingerprint density at radius 2 is 1.72 bits per heavy atom. The van der Waals surface area contributed by atoms with Gasteiger partial charge in [0.25, 0.3) is 0 Å². The van der Waals surface area contributed by atoms with Crippen LogP contribution in [0.4, 0.5) is 11.4 Å². The first-order valence-electron chi connectivity index (χ1n) is 11.5. The first-order chi connectivity index (χ1) is 17.2. The summed E-state index contributed by atoms with van der Waals surface area (Å²) in [5.74, 6) is 0.214. The molecule has 2 aliphatic heterocycles. The molecule has 1 saturated heterocycles. The van der Waals surface area contributed by atoms with Crippen molar-refractivity contribution in [2.24, 2.45) is 0 Å². The number of sulfonamides is 2. The predicted molar refractivity (Wildman–Crippen MR) is 134 cm³/mol. The number of fused-ring (bicyclic) bond motifs is 1. The molecule has 0 aliphatic carbocycles. The minimum atomic E-state index is -3.84. The lowest BCUT2D eigenvalue weighted by atomic mass is 10.2. The van der Waals surface area contributed by atoms with Crippen LogP contribution in [0.15, 0.2) is 41.3 Å². The highest BCUT2D eigenvalue weighted by atomic mass is 32.2. The second kappa shape index (κ2) is 10.5. The summed E-state index contributed by atoms with van der Waals surface area (Å²) in [6.07, 6.45) is 1.58. The monoisotopic (exact) mass is 539 g/mol. The van der Waals surface area contributed by atoms with Gasteiger partial charge in [0.05, 0.1) is 29.1 Å². The average Bonchev–Trinajstić information content (AvgIpc) is 3.43. The summed E-state index contributed by atoms with van der Waals surface area (Å²) in [6, 6.07) is 8.85. The van der Waals surface area contributed by atoms with E-state index in [0.29, 0.717) is 37.8 Å². The molecule has 2 aliphatic rings. The number of ether oxygens (including phenoxy) is 3. The van der Waals surface area contributed by atoms with Crippen molar-refractivity contribution in [3.05, 3.63) is 36.4 Å². The highest BCUT2D eigenvalue weighted by Crippen LogP contribution is 2.35. The number of hydrogen-bond acceptors (Lipinski definition) is 8. The molecular formula is C23H29N3O8S2. The SMILES string of the molecule is CCS(=O)(=O)N(CC(=O)Nc1cc(S(=O)(=O)N2CCCC2)ccc1OC)c1ccc2c(c1)OCCO2. The van der Waals surface area contributed by atoms with Gasteiger partial charge in [-0.3, -0.25) is 9.10 Å². The largest absolute Gasteiger partial charge is 0.495 e. The number of anilines is 2. The van der Waals surface area contributed by atoms with E-state index in [-0.39, 0.29) is 27.8 Å². The second-order valence-electron chi connectivity index (χ2n) is 8.26. The van der Waals surface area contributed by atoms with Crippen LogP contribution in [0.25, 0.3) is 0 Å². The Bertz CT molecular complexity index is 1340. The molecule has 0 atom stereocenters. The highest BCUT2D eigenvalue weighted by molar-refractivity contribution is 7.92. The topological polar surface area (TPSA) is 132 Å². The number of methoxy groups -OCH3 is 1. The predicted octanol–water partition coefficient (Wildman–Crippen LogP) is 2.05. The molecule has 1 N–H and O–H groups in total. The van der Waals surface area contributed by atoms with Crippen molar-refractivity contribution in [2.45, 2.75) is 24.7 Å². The summed E-state index contributed by atoms with van der Waals surface area (Å²) >= 11 is 0. The van der Waals surface area contributed by atoms with Crippen LogP contribution in [0.3, 0.4) is 0 Å². The molecule has 2 aromatic carbocycles. The van der Waals surface area contributed by atoms with E-state index >= 15 is 0 Å². The van der Waals surface area contributed by atoms with Gasteiger partial charge in [0, 0.05) is 19.2 Å². The van der Waals surface area contributed by atoms with Crippen LogP contribution in [-0.4, -0.2) is 72.8 Å². The number of carbonyl (C=O) groups is 1. The van der Waals surface area contributed by atoms with Crippen molar-refractivity contribution < 1.29 is 35.8 Å². The fraction of sp³-hybridized carbons (Fsp3) is 0.435. The number of hydrogen-bond donors (Lipinski definition) is 1. The fourth-order valence-electron chi connectivity index (χ4n) is 4.04. The van der Waals surface area contributed by atoms with Gasteiger partial charge in [0.2, 0.25) is 26.0 Å². The molecule has 2 aromatic rings. The van der Waals surface area contributed by atoms with Crippen molar-refractivity contribution in [3.63, 3.8) is 0 Å². The Hall–Kier alpha value is -3.03. The number of carbonyl (C=O) groups excluding carboxylic acids is 1. The minimum Gasteiger partial charge on any atom is -0.495 e. The summed E-state index contributed by atoms with van der Waals surface area (Å²) < 4.78 is 70.4. The van der Waals surface area contributed by atoms with Crippen molar-refractivity contribution in [1.82, 2.24) is 4.31 Å². The normalized spacial score (nSPS) is 15.9. The van der Waals surface area contributed by atoms with Crippen molar-refractivity contribution in [3.8, 4) is 17.2 Å². The first kappa shape index (κ1) is 26.0. The van der Waals surface area contributed by atoms with E-state index in [1.165, 1.54) is 48.7 Å². The van der Waals surface area contributed by atoms with E-state index in [0.717, 1.165) is 17.1 Å². The van der Waals surface area contributed by atoms with Crippen LogP contribution in [0, 0.1) is 0 Å². The van der Waals surface area contributed by atoms with E-state index in [9.17, 15) is 21.6 Å². The van der Waals surface area contributed by atoms with Crippen molar-refractivity contribution in [1.29, 1.82) is 0 Å². The highest BCUT2D eigenvalue weighted by Gasteiger charge is 2.29. The quantitative estimate of drug-likeness (QED) is 0.512. The van der Waals surface area contributed by atoms with E-state index < -0.39 is 32.5 Å². The third-order valence-electron chi connectivity index (χ3n) is 5.95. The molecule has 1 amide bonds. The zero-order chi connectivity index (χ0) is 25.9. The lowest BCUT2D eigenvalue weighted by Crippen LogP contribution is -2.39. The third kappa shape index (κ3) is 5.37. The van der Waals surface area contributed by atoms with Gasteiger partial charge >= 0.3 is 0 Å². The molecule has 0 spiro atoms. The van der Waals surface area contributed by atoms with E-state index in [2.05, 4.69) is 5.32 Å². The van der Waals surface area contributed by atoms with Crippen molar-refractivity contribution >= 4 is 37.3 Å². The number of nitrogens with one attached hydrogen (secondary N) is 1. The van der Waals surface area contributed by atoms with E-state index in [1.54, 1.807) is 6.07 Å². The Morgan fingerprint density at radius 1 is 1.03 bits per heavy atom. The van der Waals surface area contributed by atoms with Gasteiger partial charge < -0.3 is 19.5 Å². The second-order valence-corrected chi connectivity index (χ2v) is 12.4. The lowest BCUT2D eigenvalue weighted by Gasteiger charge is -2.26. The Labute approximate surface area is 211 Å². The van der Waals surface area contributed by atoms with Crippen molar-refractivity contribution in [2.75, 3.05) is 55.3 Å². The van der Waals surface area contributed by atoms with Crippen LogP contribution in [0.2, 0.25) is 0 Å². The van der Waals surface area contributed by atoms with Gasteiger partial charge in [-0.05, 0) is 50.1 Å². The van der Waals surface area contributed by atoms with Gasteiger partial charge in [-0.15, -0.1) is 0 Å². The van der Waals surface area contributed by atoms with Gasteiger partial charge in [-0.2, -0.15) is 4.31 Å². The zero-order valence-corrected chi connectivity index (χ0v) is 21.7. The molecule has 0 radical (unpaired) electrons. The summed E-state index contributed by atoms with van der Waals surface area (Å²) in [5, 5.41) is 2.61. The number of amides is 1. The number of benzene rings is 2. The van der Waals surface area contributed by atoms with Crippen LogP contribution in [-0.2, 0) is 24.8 Å². The maximum Gasteiger partial charge on any atom is 0.245 e.